The van der Waals surface area contributed by atoms with Crippen molar-refractivity contribution in [3.8, 4) is 11.4 Å². The minimum Gasteiger partial charge on any atom is -0.497 e. The van der Waals surface area contributed by atoms with Crippen LogP contribution in [0, 0.1) is 0 Å². The van der Waals surface area contributed by atoms with Crippen LogP contribution in [0.5, 0.6) is 5.75 Å². The van der Waals surface area contributed by atoms with Gasteiger partial charge in [0.1, 0.15) is 16.9 Å². The zero-order chi connectivity index (χ0) is 17.7. The lowest BCUT2D eigenvalue weighted by molar-refractivity contribution is 0.414. The molecule has 4 aromatic rings. The number of rotatable bonds is 2. The van der Waals surface area contributed by atoms with E-state index in [0.717, 1.165) is 40.9 Å². The lowest BCUT2D eigenvalue weighted by Crippen LogP contribution is -2.21. The number of nitrogens with zero attached hydrogens (tertiary/aromatic N) is 4. The number of ether oxygens (including phenoxy) is 1. The zero-order valence-corrected chi connectivity index (χ0v) is 15.3. The van der Waals surface area contributed by atoms with Crippen LogP contribution in [0.3, 0.4) is 0 Å². The molecule has 0 fully saturated rings. The maximum absolute atomic E-state index is 13.5. The van der Waals surface area contributed by atoms with Crippen LogP contribution in [0.2, 0.25) is 0 Å². The van der Waals surface area contributed by atoms with Gasteiger partial charge in [0.2, 0.25) is 5.78 Å². The van der Waals surface area contributed by atoms with Crippen molar-refractivity contribution in [1.29, 1.82) is 0 Å². The Hall–Kier alpha value is -2.67. The van der Waals surface area contributed by atoms with Crippen molar-refractivity contribution in [2.24, 2.45) is 0 Å². The molecule has 1 aliphatic rings. The quantitative estimate of drug-likeness (QED) is 0.510. The molecule has 26 heavy (non-hydrogen) atoms. The number of thiophene rings is 1. The summed E-state index contributed by atoms with van der Waals surface area (Å²) in [6.07, 6.45) is 7.29. The number of methoxy groups -OCH3 is 1. The Kier molecular flexibility index (Phi) is 3.56. The summed E-state index contributed by atoms with van der Waals surface area (Å²) in [5.74, 6) is 1.30. The topological polar surface area (TPSA) is 61.4 Å². The summed E-state index contributed by atoms with van der Waals surface area (Å²) in [6, 6.07) is 7.47. The summed E-state index contributed by atoms with van der Waals surface area (Å²) in [4.78, 5) is 15.8. The fraction of sp³-hybridized carbons (Fsp3) is 0.316. The van der Waals surface area contributed by atoms with Crippen LogP contribution in [0.1, 0.15) is 29.7 Å². The minimum atomic E-state index is -0.00920. The molecule has 0 saturated carbocycles. The monoisotopic (exact) mass is 366 g/mol. The van der Waals surface area contributed by atoms with E-state index in [1.807, 2.05) is 28.7 Å². The van der Waals surface area contributed by atoms with E-state index in [9.17, 15) is 4.79 Å². The fourth-order valence-electron chi connectivity index (χ4n) is 3.81. The van der Waals surface area contributed by atoms with Gasteiger partial charge in [0, 0.05) is 4.88 Å². The van der Waals surface area contributed by atoms with Crippen LogP contribution in [-0.2, 0) is 12.8 Å². The molecule has 0 bridgehead atoms. The van der Waals surface area contributed by atoms with Gasteiger partial charge in [-0.05, 0) is 55.5 Å². The molecule has 1 aliphatic carbocycles. The van der Waals surface area contributed by atoms with Gasteiger partial charge >= 0.3 is 0 Å². The van der Waals surface area contributed by atoms with E-state index < -0.39 is 0 Å². The predicted octanol–water partition coefficient (Wildman–Crippen LogP) is 3.37. The molecule has 0 atom stereocenters. The first-order valence-electron chi connectivity index (χ1n) is 8.81. The second-order valence-corrected chi connectivity index (χ2v) is 7.67. The van der Waals surface area contributed by atoms with Crippen molar-refractivity contribution in [1.82, 2.24) is 19.2 Å². The maximum Gasteiger partial charge on any atom is 0.268 e. The normalized spacial score (nSPS) is 14.5. The van der Waals surface area contributed by atoms with Gasteiger partial charge in [-0.25, -0.2) is 4.57 Å². The molecule has 7 heteroatoms. The highest BCUT2D eigenvalue weighted by Crippen LogP contribution is 2.34. The number of aryl methyl sites for hydroxylation is 2. The van der Waals surface area contributed by atoms with Crippen molar-refractivity contribution >= 4 is 27.3 Å². The number of fused-ring (bicyclic) bond motifs is 5. The molecular weight excluding hydrogens is 348 g/mol. The summed E-state index contributed by atoms with van der Waals surface area (Å²) in [5, 5.41) is 9.13. The Balaban J connectivity index is 1.87. The number of hydrogen-bond acceptors (Lipinski definition) is 5. The predicted molar refractivity (Wildman–Crippen MR) is 102 cm³/mol. The number of aromatic nitrogens is 4. The fourth-order valence-corrected chi connectivity index (χ4v) is 5.16. The summed E-state index contributed by atoms with van der Waals surface area (Å²) in [7, 11) is 1.63. The number of benzene rings is 1. The van der Waals surface area contributed by atoms with E-state index in [1.54, 1.807) is 29.3 Å². The van der Waals surface area contributed by atoms with E-state index in [0.29, 0.717) is 5.78 Å². The van der Waals surface area contributed by atoms with E-state index >= 15 is 0 Å². The minimum absolute atomic E-state index is 0.00920. The Labute approximate surface area is 153 Å². The highest BCUT2D eigenvalue weighted by Gasteiger charge is 2.22. The third-order valence-electron chi connectivity index (χ3n) is 5.10. The first-order valence-corrected chi connectivity index (χ1v) is 9.63. The molecule has 0 spiro atoms. The van der Waals surface area contributed by atoms with Gasteiger partial charge in [0.15, 0.2) is 0 Å². The Bertz CT molecular complexity index is 1170. The Morgan fingerprint density at radius 2 is 1.92 bits per heavy atom. The average Bonchev–Trinajstić information content (AvgIpc) is 3.21. The Morgan fingerprint density at radius 3 is 2.73 bits per heavy atom. The zero-order valence-electron chi connectivity index (χ0n) is 14.4. The van der Waals surface area contributed by atoms with E-state index in [1.165, 1.54) is 23.3 Å². The molecule has 0 aliphatic heterocycles. The lowest BCUT2D eigenvalue weighted by Gasteiger charge is -2.09. The molecule has 5 rings (SSSR count). The molecule has 3 aromatic heterocycles. The summed E-state index contributed by atoms with van der Waals surface area (Å²) >= 11 is 1.72. The second kappa shape index (κ2) is 5.95. The van der Waals surface area contributed by atoms with Crippen LogP contribution in [0.25, 0.3) is 21.7 Å². The van der Waals surface area contributed by atoms with Crippen LogP contribution in [-0.4, -0.2) is 26.3 Å². The highest BCUT2D eigenvalue weighted by molar-refractivity contribution is 7.18. The first kappa shape index (κ1) is 15.6. The van der Waals surface area contributed by atoms with Crippen molar-refractivity contribution in [3.05, 3.63) is 51.4 Å². The molecule has 0 N–H and O–H groups in total. The smallest absolute Gasteiger partial charge is 0.268 e. The van der Waals surface area contributed by atoms with Gasteiger partial charge in [0.25, 0.3) is 5.56 Å². The molecule has 0 unspecified atom stereocenters. The molecule has 0 radical (unpaired) electrons. The molecule has 0 amide bonds. The molecule has 1 aromatic carbocycles. The van der Waals surface area contributed by atoms with Gasteiger partial charge in [-0.3, -0.25) is 9.20 Å². The maximum atomic E-state index is 13.5. The third kappa shape index (κ3) is 2.20. The number of hydrogen-bond donors (Lipinski definition) is 0. The summed E-state index contributed by atoms with van der Waals surface area (Å²) in [5.41, 5.74) is 1.99. The van der Waals surface area contributed by atoms with Crippen molar-refractivity contribution in [3.63, 3.8) is 0 Å². The molecule has 132 valence electrons. The first-order chi connectivity index (χ1) is 12.8. The van der Waals surface area contributed by atoms with E-state index in [4.69, 9.17) is 4.74 Å². The van der Waals surface area contributed by atoms with Gasteiger partial charge in [0.05, 0.1) is 18.2 Å². The van der Waals surface area contributed by atoms with Gasteiger partial charge in [-0.15, -0.1) is 21.5 Å². The Morgan fingerprint density at radius 1 is 1.12 bits per heavy atom. The van der Waals surface area contributed by atoms with Gasteiger partial charge in [-0.2, -0.15) is 0 Å². The van der Waals surface area contributed by atoms with Crippen molar-refractivity contribution < 1.29 is 4.74 Å². The third-order valence-corrected chi connectivity index (χ3v) is 6.39. The van der Waals surface area contributed by atoms with Crippen LogP contribution >= 0.6 is 11.3 Å². The van der Waals surface area contributed by atoms with Crippen LogP contribution in [0.15, 0.2) is 35.4 Å². The van der Waals surface area contributed by atoms with Crippen LogP contribution in [0.4, 0.5) is 0 Å². The standard InChI is InChI=1S/C19H18N4O2S/c1-25-13-9-7-12(8-10-13)23-17(24)16-14-5-3-2-4-6-15(14)26-18(16)22-11-20-21-19(22)23/h7-11H,2-6H2,1H3. The SMILES string of the molecule is COc1ccc(-n2c(=O)c3c4c(sc3n3cnnc23)CCCCC4)cc1. The van der Waals surface area contributed by atoms with Crippen molar-refractivity contribution in [2.75, 3.05) is 7.11 Å². The van der Waals surface area contributed by atoms with Crippen LogP contribution < -0.4 is 10.3 Å². The van der Waals surface area contributed by atoms with E-state index in [-0.39, 0.29) is 5.56 Å². The summed E-state index contributed by atoms with van der Waals surface area (Å²) in [6.45, 7) is 0. The van der Waals surface area contributed by atoms with Crippen molar-refractivity contribution in [2.45, 2.75) is 32.1 Å². The van der Waals surface area contributed by atoms with Gasteiger partial charge < -0.3 is 4.74 Å². The lowest BCUT2D eigenvalue weighted by atomic mass is 10.1. The largest absolute Gasteiger partial charge is 0.497 e. The summed E-state index contributed by atoms with van der Waals surface area (Å²) < 4.78 is 8.84. The molecule has 0 saturated heterocycles. The molecule has 3 heterocycles. The average molecular weight is 366 g/mol. The molecule has 6 nitrogen and oxygen atoms in total. The molecular formula is C19H18N4O2S. The van der Waals surface area contributed by atoms with E-state index in [2.05, 4.69) is 10.2 Å². The highest BCUT2D eigenvalue weighted by atomic mass is 32.1. The van der Waals surface area contributed by atoms with Gasteiger partial charge in [-0.1, -0.05) is 6.42 Å². The second-order valence-electron chi connectivity index (χ2n) is 6.58.